The van der Waals surface area contributed by atoms with Crippen LogP contribution in [0.4, 0.5) is 26.7 Å². The maximum Gasteiger partial charge on any atom is 0.406 e. The number of pyridine rings is 1. The lowest BCUT2D eigenvalue weighted by molar-refractivity contribution is -0.162. The van der Waals surface area contributed by atoms with Gasteiger partial charge in [-0.15, -0.1) is 0 Å². The maximum atomic E-state index is 14.5. The number of aromatic nitrogens is 3. The van der Waals surface area contributed by atoms with Gasteiger partial charge in [0.25, 0.3) is 0 Å². The molecule has 40 heavy (non-hydrogen) atoms. The van der Waals surface area contributed by atoms with Gasteiger partial charge < -0.3 is 15.1 Å². The van der Waals surface area contributed by atoms with Crippen molar-refractivity contribution in [2.75, 3.05) is 26.2 Å². The maximum absolute atomic E-state index is 14.5. The Labute approximate surface area is 225 Å². The molecule has 0 spiro atoms. The summed E-state index contributed by atoms with van der Waals surface area (Å²) in [5.74, 6) is -4.11. The van der Waals surface area contributed by atoms with Crippen molar-refractivity contribution in [2.24, 2.45) is 0 Å². The molecule has 2 aliphatic rings. The molecule has 2 atom stereocenters. The zero-order valence-corrected chi connectivity index (χ0v) is 21.3. The summed E-state index contributed by atoms with van der Waals surface area (Å²) in [5, 5.41) is 2.56. The number of fused-ring (bicyclic) bond motifs is 1. The summed E-state index contributed by atoms with van der Waals surface area (Å²) in [7, 11) is 0. The highest BCUT2D eigenvalue weighted by Gasteiger charge is 2.40. The third-order valence-corrected chi connectivity index (χ3v) is 7.55. The zero-order chi connectivity index (χ0) is 28.6. The lowest BCUT2D eigenvalue weighted by Gasteiger charge is -2.34. The molecule has 5 rings (SSSR count). The molecule has 4 heterocycles. The fourth-order valence-corrected chi connectivity index (χ4v) is 5.63. The van der Waals surface area contributed by atoms with Crippen molar-refractivity contribution in [1.29, 1.82) is 0 Å². The fraction of sp³-hybridized carbons (Fsp3) is 0.462. The van der Waals surface area contributed by atoms with Crippen LogP contribution in [0, 0.1) is 11.6 Å². The predicted molar refractivity (Wildman–Crippen MR) is 133 cm³/mol. The molecule has 9 nitrogen and oxygen atoms in total. The van der Waals surface area contributed by atoms with Gasteiger partial charge in [0.15, 0.2) is 17.3 Å². The number of nitrogens with zero attached hydrogens (tertiary/aromatic N) is 4. The first kappa shape index (κ1) is 27.6. The van der Waals surface area contributed by atoms with Crippen LogP contribution < -0.4 is 11.0 Å². The highest BCUT2D eigenvalue weighted by molar-refractivity contribution is 5.87. The SMILES string of the molecule is O=C(NC1CCC(c2cccc(F)c2F)CN(CC(F)(F)F)C1=O)N1CCC(n2c(=O)[nH]c3ncccc32)CC1. The zero-order valence-electron chi connectivity index (χ0n) is 21.3. The Kier molecular flexibility index (Phi) is 7.51. The lowest BCUT2D eigenvalue weighted by atomic mass is 9.93. The number of urea groups is 1. The molecule has 0 radical (unpaired) electrons. The van der Waals surface area contributed by atoms with Crippen molar-refractivity contribution in [3.05, 3.63) is 64.2 Å². The Hall–Kier alpha value is -3.97. The third-order valence-electron chi connectivity index (χ3n) is 7.55. The number of piperidine rings is 1. The summed E-state index contributed by atoms with van der Waals surface area (Å²) in [5.41, 5.74) is 0.680. The second-order valence-corrected chi connectivity index (χ2v) is 10.1. The number of rotatable bonds is 4. The van der Waals surface area contributed by atoms with Crippen molar-refractivity contribution in [3.8, 4) is 0 Å². The van der Waals surface area contributed by atoms with Crippen molar-refractivity contribution < 1.29 is 31.5 Å². The lowest BCUT2D eigenvalue weighted by Crippen LogP contribution is -2.54. The number of carbonyl (C=O) groups excluding carboxylic acids is 2. The second kappa shape index (κ2) is 10.9. The van der Waals surface area contributed by atoms with Crippen molar-refractivity contribution >= 4 is 23.1 Å². The van der Waals surface area contributed by atoms with E-state index in [0.29, 0.717) is 28.9 Å². The van der Waals surface area contributed by atoms with Crippen LogP contribution in [-0.4, -0.2) is 74.7 Å². The molecule has 0 bridgehead atoms. The normalized spacial score (nSPS) is 21.1. The third kappa shape index (κ3) is 5.65. The van der Waals surface area contributed by atoms with Crippen LogP contribution in [0.2, 0.25) is 0 Å². The summed E-state index contributed by atoms with van der Waals surface area (Å²) in [6, 6.07) is 4.87. The van der Waals surface area contributed by atoms with Crippen LogP contribution in [-0.2, 0) is 4.79 Å². The molecule has 14 heteroatoms. The predicted octanol–water partition coefficient (Wildman–Crippen LogP) is 3.69. The minimum Gasteiger partial charge on any atom is -0.331 e. The van der Waals surface area contributed by atoms with E-state index in [1.54, 1.807) is 22.9 Å². The quantitative estimate of drug-likeness (QED) is 0.471. The van der Waals surface area contributed by atoms with Gasteiger partial charge in [0.05, 0.1) is 5.52 Å². The summed E-state index contributed by atoms with van der Waals surface area (Å²) >= 11 is 0. The number of benzene rings is 1. The number of H-pyrrole nitrogens is 1. The summed E-state index contributed by atoms with van der Waals surface area (Å²) in [4.78, 5) is 47.5. The second-order valence-electron chi connectivity index (χ2n) is 10.1. The smallest absolute Gasteiger partial charge is 0.331 e. The number of halogens is 5. The van der Waals surface area contributed by atoms with Crippen LogP contribution >= 0.6 is 0 Å². The average Bonchev–Trinajstić information content (AvgIpc) is 3.18. The van der Waals surface area contributed by atoms with Gasteiger partial charge in [-0.2, -0.15) is 13.2 Å². The molecule has 1 aromatic carbocycles. The number of alkyl halides is 3. The number of likely N-dealkylation sites (tertiary alicyclic amines) is 2. The van der Waals surface area contributed by atoms with Gasteiger partial charge in [-0.25, -0.2) is 23.4 Å². The Bertz CT molecular complexity index is 1460. The molecule has 0 saturated carbocycles. The van der Waals surface area contributed by atoms with Crippen LogP contribution in [0.15, 0.2) is 41.3 Å². The van der Waals surface area contributed by atoms with Crippen LogP contribution in [0.25, 0.3) is 11.2 Å². The van der Waals surface area contributed by atoms with Gasteiger partial charge in [0.1, 0.15) is 12.6 Å². The van der Waals surface area contributed by atoms with Gasteiger partial charge in [0.2, 0.25) is 5.91 Å². The van der Waals surface area contributed by atoms with Gasteiger partial charge in [-0.05, 0) is 49.4 Å². The van der Waals surface area contributed by atoms with E-state index in [9.17, 15) is 36.3 Å². The van der Waals surface area contributed by atoms with E-state index in [2.05, 4.69) is 15.3 Å². The number of imidazole rings is 1. The number of amides is 3. The molecule has 2 aromatic heterocycles. The molecule has 3 aromatic rings. The number of hydrogen-bond acceptors (Lipinski definition) is 4. The first-order valence-electron chi connectivity index (χ1n) is 12.9. The van der Waals surface area contributed by atoms with E-state index in [1.807, 2.05) is 0 Å². The van der Waals surface area contributed by atoms with Crippen LogP contribution in [0.1, 0.15) is 43.2 Å². The van der Waals surface area contributed by atoms with Crippen molar-refractivity contribution in [3.63, 3.8) is 0 Å². The van der Waals surface area contributed by atoms with Gasteiger partial charge >= 0.3 is 17.9 Å². The molecule has 2 aliphatic heterocycles. The first-order chi connectivity index (χ1) is 19.0. The van der Waals surface area contributed by atoms with Gasteiger partial charge in [-0.1, -0.05) is 12.1 Å². The van der Waals surface area contributed by atoms with E-state index in [4.69, 9.17) is 0 Å². The standard InChI is InChI=1S/C26H27F5N6O3/c27-18-4-1-3-17(21(18)28)15-6-7-19(23(38)36(13-15)14-26(29,30)31)33-24(39)35-11-8-16(9-12-35)37-20-5-2-10-32-22(20)34-25(37)40/h1-5,10,15-16,19H,6-9,11-14H2,(H,33,39)(H,32,34,40). The van der Waals surface area contributed by atoms with Crippen LogP contribution in [0.3, 0.4) is 0 Å². The average molecular weight is 567 g/mol. The summed E-state index contributed by atoms with van der Waals surface area (Å²) < 4.78 is 69.9. The monoisotopic (exact) mass is 566 g/mol. The number of aromatic amines is 1. The van der Waals surface area contributed by atoms with E-state index >= 15 is 0 Å². The molecule has 2 unspecified atom stereocenters. The number of hydrogen-bond donors (Lipinski definition) is 2. The highest BCUT2D eigenvalue weighted by atomic mass is 19.4. The topological polar surface area (TPSA) is 103 Å². The Morgan fingerprint density at radius 3 is 2.52 bits per heavy atom. The minimum absolute atomic E-state index is 0.0479. The highest BCUT2D eigenvalue weighted by Crippen LogP contribution is 2.32. The van der Waals surface area contributed by atoms with E-state index in [0.717, 1.165) is 6.07 Å². The molecule has 2 fully saturated rings. The Morgan fingerprint density at radius 2 is 1.80 bits per heavy atom. The van der Waals surface area contributed by atoms with Gasteiger partial charge in [-0.3, -0.25) is 14.3 Å². The molecule has 2 saturated heterocycles. The van der Waals surface area contributed by atoms with E-state index in [-0.39, 0.29) is 43.2 Å². The van der Waals surface area contributed by atoms with Gasteiger partial charge in [0, 0.05) is 37.8 Å². The minimum atomic E-state index is -4.72. The fourth-order valence-electron chi connectivity index (χ4n) is 5.63. The molecule has 214 valence electrons. The Morgan fingerprint density at radius 1 is 1.05 bits per heavy atom. The summed E-state index contributed by atoms with van der Waals surface area (Å²) in [6.07, 6.45) is -2.27. The first-order valence-corrected chi connectivity index (χ1v) is 12.9. The van der Waals surface area contributed by atoms with Crippen molar-refractivity contribution in [1.82, 2.24) is 29.7 Å². The van der Waals surface area contributed by atoms with E-state index in [1.165, 1.54) is 17.0 Å². The number of nitrogens with one attached hydrogen (secondary N) is 2. The van der Waals surface area contributed by atoms with E-state index < -0.39 is 54.8 Å². The molecular formula is C26H27F5N6O3. The Balaban J connectivity index is 1.28. The van der Waals surface area contributed by atoms with Crippen molar-refractivity contribution in [2.45, 2.75) is 49.9 Å². The molecule has 0 aliphatic carbocycles. The summed E-state index contributed by atoms with van der Waals surface area (Å²) in [6.45, 7) is -1.55. The van der Waals surface area contributed by atoms with Crippen LogP contribution in [0.5, 0.6) is 0 Å². The molecular weight excluding hydrogens is 539 g/mol. The number of carbonyl (C=O) groups is 2. The largest absolute Gasteiger partial charge is 0.406 e. The molecule has 3 amide bonds. The molecule has 2 N–H and O–H groups in total.